The molecule has 1 amide bonds. The van der Waals surface area contributed by atoms with Crippen molar-refractivity contribution in [3.63, 3.8) is 0 Å². The fourth-order valence-corrected chi connectivity index (χ4v) is 3.10. The van der Waals surface area contributed by atoms with E-state index in [1.165, 1.54) is 0 Å². The van der Waals surface area contributed by atoms with Gasteiger partial charge in [0.15, 0.2) is 6.04 Å². The SMILES string of the molecule is O=C(N[C@@H](C(=O)OCCCn1cccc1)c1ccccc1)c1cc([N+](=O)[O-])cc([N+](=O)[O-])c1. The monoisotopic (exact) mass is 452 g/mol. The van der Waals surface area contributed by atoms with E-state index < -0.39 is 39.1 Å². The Labute approximate surface area is 187 Å². The van der Waals surface area contributed by atoms with Crippen LogP contribution in [0.2, 0.25) is 0 Å². The third-order valence-corrected chi connectivity index (χ3v) is 4.70. The molecule has 11 heteroatoms. The lowest BCUT2D eigenvalue weighted by molar-refractivity contribution is -0.394. The molecule has 0 aliphatic carbocycles. The van der Waals surface area contributed by atoms with Crippen molar-refractivity contribution in [1.29, 1.82) is 0 Å². The minimum atomic E-state index is -1.21. The topological polar surface area (TPSA) is 147 Å². The summed E-state index contributed by atoms with van der Waals surface area (Å²) in [4.78, 5) is 46.1. The molecule has 1 atom stereocenters. The first-order valence-electron chi connectivity index (χ1n) is 9.92. The molecular formula is C22H20N4O7. The van der Waals surface area contributed by atoms with Crippen molar-refractivity contribution in [2.75, 3.05) is 6.61 Å². The molecule has 0 aliphatic rings. The lowest BCUT2D eigenvalue weighted by Crippen LogP contribution is -2.35. The van der Waals surface area contributed by atoms with E-state index in [9.17, 15) is 29.8 Å². The zero-order chi connectivity index (χ0) is 23.8. The third-order valence-electron chi connectivity index (χ3n) is 4.70. The zero-order valence-corrected chi connectivity index (χ0v) is 17.3. The molecule has 11 nitrogen and oxygen atoms in total. The molecule has 1 aromatic heterocycles. The van der Waals surface area contributed by atoms with Gasteiger partial charge in [-0.1, -0.05) is 30.3 Å². The number of esters is 1. The number of ether oxygens (including phenoxy) is 1. The molecule has 0 spiro atoms. The average molecular weight is 452 g/mol. The van der Waals surface area contributed by atoms with E-state index in [4.69, 9.17) is 4.74 Å². The first kappa shape index (κ1) is 23.1. The maximum atomic E-state index is 12.8. The van der Waals surface area contributed by atoms with Crippen LogP contribution in [0.4, 0.5) is 11.4 Å². The normalized spacial score (nSPS) is 11.4. The second-order valence-electron chi connectivity index (χ2n) is 7.01. The summed E-state index contributed by atoms with van der Waals surface area (Å²) in [5.41, 5.74) is -1.12. The van der Waals surface area contributed by atoms with Gasteiger partial charge in [-0.3, -0.25) is 25.0 Å². The summed E-state index contributed by atoms with van der Waals surface area (Å²) < 4.78 is 7.26. The van der Waals surface area contributed by atoms with Crippen LogP contribution in [-0.2, 0) is 16.1 Å². The van der Waals surface area contributed by atoms with Crippen molar-refractivity contribution >= 4 is 23.3 Å². The number of non-ortho nitro benzene ring substituents is 2. The highest BCUT2D eigenvalue weighted by Gasteiger charge is 2.27. The van der Waals surface area contributed by atoms with E-state index in [1.54, 1.807) is 30.3 Å². The highest BCUT2D eigenvalue weighted by molar-refractivity contribution is 5.98. The van der Waals surface area contributed by atoms with Crippen LogP contribution in [-0.4, -0.2) is 32.9 Å². The van der Waals surface area contributed by atoms with Crippen molar-refractivity contribution in [1.82, 2.24) is 9.88 Å². The van der Waals surface area contributed by atoms with Crippen LogP contribution in [0, 0.1) is 20.2 Å². The first-order valence-corrected chi connectivity index (χ1v) is 9.92. The molecular weight excluding hydrogens is 432 g/mol. The number of rotatable bonds is 10. The van der Waals surface area contributed by atoms with Crippen LogP contribution in [0.1, 0.15) is 28.4 Å². The van der Waals surface area contributed by atoms with Crippen LogP contribution in [0.5, 0.6) is 0 Å². The van der Waals surface area contributed by atoms with E-state index in [1.807, 2.05) is 29.1 Å². The number of aromatic nitrogens is 1. The van der Waals surface area contributed by atoms with Crippen LogP contribution in [0.25, 0.3) is 0 Å². The summed E-state index contributed by atoms with van der Waals surface area (Å²) in [6.07, 6.45) is 4.31. The predicted octanol–water partition coefficient (Wildman–Crippen LogP) is 3.41. The fourth-order valence-electron chi connectivity index (χ4n) is 3.10. The van der Waals surface area contributed by atoms with Gasteiger partial charge in [0.25, 0.3) is 17.3 Å². The lowest BCUT2D eigenvalue weighted by Gasteiger charge is -2.18. The number of carbonyl (C=O) groups excluding carboxylic acids is 2. The Bertz CT molecular complexity index is 1110. The molecule has 1 N–H and O–H groups in total. The maximum absolute atomic E-state index is 12.8. The van der Waals surface area contributed by atoms with E-state index in [0.717, 1.165) is 18.2 Å². The molecule has 2 aromatic carbocycles. The quantitative estimate of drug-likeness (QED) is 0.215. The van der Waals surface area contributed by atoms with Gasteiger partial charge >= 0.3 is 5.97 Å². The number of aryl methyl sites for hydroxylation is 1. The van der Waals surface area contributed by atoms with Gasteiger partial charge in [-0.05, 0) is 24.1 Å². The molecule has 0 saturated heterocycles. The highest BCUT2D eigenvalue weighted by atomic mass is 16.6. The summed E-state index contributed by atoms with van der Waals surface area (Å²) >= 11 is 0. The molecule has 0 saturated carbocycles. The van der Waals surface area contributed by atoms with Gasteiger partial charge in [0.1, 0.15) is 0 Å². The number of nitro groups is 2. The average Bonchev–Trinajstić information content (AvgIpc) is 3.33. The predicted molar refractivity (Wildman–Crippen MR) is 116 cm³/mol. The van der Waals surface area contributed by atoms with Crippen LogP contribution >= 0.6 is 0 Å². The summed E-state index contributed by atoms with van der Waals surface area (Å²) in [7, 11) is 0. The molecule has 33 heavy (non-hydrogen) atoms. The second kappa shape index (κ2) is 10.7. The van der Waals surface area contributed by atoms with Crippen LogP contribution in [0.3, 0.4) is 0 Å². The smallest absolute Gasteiger partial charge is 0.333 e. The van der Waals surface area contributed by atoms with Crippen molar-refractivity contribution in [3.8, 4) is 0 Å². The Kier molecular flexibility index (Phi) is 7.47. The minimum absolute atomic E-state index is 0.110. The van der Waals surface area contributed by atoms with Crippen LogP contribution in [0.15, 0.2) is 73.1 Å². The third kappa shape index (κ3) is 6.23. The zero-order valence-electron chi connectivity index (χ0n) is 17.3. The van der Waals surface area contributed by atoms with E-state index in [2.05, 4.69) is 5.32 Å². The largest absolute Gasteiger partial charge is 0.464 e. The molecule has 0 unspecified atom stereocenters. The lowest BCUT2D eigenvalue weighted by atomic mass is 10.1. The number of amides is 1. The number of carbonyl (C=O) groups is 2. The molecule has 3 rings (SSSR count). The number of nitrogens with zero attached hydrogens (tertiary/aromatic N) is 3. The Morgan fingerprint density at radius 2 is 1.55 bits per heavy atom. The van der Waals surface area contributed by atoms with E-state index in [-0.39, 0.29) is 12.2 Å². The summed E-state index contributed by atoms with van der Waals surface area (Å²) in [6, 6.07) is 13.4. The maximum Gasteiger partial charge on any atom is 0.333 e. The minimum Gasteiger partial charge on any atom is -0.464 e. The van der Waals surface area contributed by atoms with E-state index >= 15 is 0 Å². The molecule has 3 aromatic rings. The Hall–Kier alpha value is -4.54. The molecule has 1 heterocycles. The van der Waals surface area contributed by atoms with Crippen molar-refractivity contribution in [3.05, 3.63) is 104 Å². The molecule has 170 valence electrons. The van der Waals surface area contributed by atoms with E-state index in [0.29, 0.717) is 18.5 Å². The van der Waals surface area contributed by atoms with Gasteiger partial charge in [0, 0.05) is 31.1 Å². The number of hydrogen-bond acceptors (Lipinski definition) is 7. The van der Waals surface area contributed by atoms with Gasteiger partial charge < -0.3 is 14.6 Å². The Morgan fingerprint density at radius 1 is 0.939 bits per heavy atom. The number of benzene rings is 2. The fraction of sp³-hybridized carbons (Fsp3) is 0.182. The molecule has 0 fully saturated rings. The first-order chi connectivity index (χ1) is 15.8. The standard InChI is InChI=1S/C22H20N4O7/c27-21(17-13-18(25(29)30)15-19(14-17)26(31)32)23-20(16-7-2-1-3-8-16)22(28)33-12-6-11-24-9-4-5-10-24/h1-5,7-10,13-15,20H,6,11-12H2,(H,23,27)/t20-/m1/s1. The summed E-state index contributed by atoms with van der Waals surface area (Å²) in [5, 5.41) is 24.7. The Morgan fingerprint density at radius 3 is 2.12 bits per heavy atom. The van der Waals surface area contributed by atoms with Gasteiger partial charge in [-0.2, -0.15) is 0 Å². The van der Waals surface area contributed by atoms with Gasteiger partial charge in [0.05, 0.1) is 28.1 Å². The van der Waals surface area contributed by atoms with Gasteiger partial charge in [-0.25, -0.2) is 4.79 Å². The highest BCUT2D eigenvalue weighted by Crippen LogP contribution is 2.24. The van der Waals surface area contributed by atoms with Gasteiger partial charge in [0.2, 0.25) is 0 Å². The molecule has 0 aliphatic heterocycles. The summed E-state index contributed by atoms with van der Waals surface area (Å²) in [6.45, 7) is 0.749. The van der Waals surface area contributed by atoms with Crippen molar-refractivity contribution in [2.24, 2.45) is 0 Å². The number of nitrogens with one attached hydrogen (secondary N) is 1. The van der Waals surface area contributed by atoms with Crippen LogP contribution < -0.4 is 5.32 Å². The van der Waals surface area contributed by atoms with Crippen molar-refractivity contribution < 1.29 is 24.2 Å². The van der Waals surface area contributed by atoms with Crippen molar-refractivity contribution in [2.45, 2.75) is 19.0 Å². The summed E-state index contributed by atoms with van der Waals surface area (Å²) in [5.74, 6) is -1.61. The second-order valence-corrected chi connectivity index (χ2v) is 7.01. The molecule has 0 bridgehead atoms. The van der Waals surface area contributed by atoms with Gasteiger partial charge in [-0.15, -0.1) is 0 Å². The number of hydrogen-bond donors (Lipinski definition) is 1. The Balaban J connectivity index is 1.76. The number of nitro benzene ring substituents is 2. The molecule has 0 radical (unpaired) electrons.